The molecular formula is C17H29N3O. The fraction of sp³-hybridized carbons (Fsp3) is 0.588. The molecule has 118 valence electrons. The van der Waals surface area contributed by atoms with Crippen molar-refractivity contribution in [1.82, 2.24) is 10.6 Å². The molecule has 0 fully saturated rings. The van der Waals surface area contributed by atoms with Crippen LogP contribution in [0.3, 0.4) is 0 Å². The molecule has 2 unspecified atom stereocenters. The predicted octanol–water partition coefficient (Wildman–Crippen LogP) is 2.97. The molecule has 0 aliphatic rings. The number of rotatable bonds is 7. The number of methoxy groups -OCH3 is 1. The van der Waals surface area contributed by atoms with Gasteiger partial charge in [-0.15, -0.1) is 0 Å². The van der Waals surface area contributed by atoms with E-state index in [2.05, 4.69) is 55.5 Å². The van der Waals surface area contributed by atoms with Crippen LogP contribution in [0.25, 0.3) is 0 Å². The van der Waals surface area contributed by atoms with Gasteiger partial charge in [-0.2, -0.15) is 0 Å². The monoisotopic (exact) mass is 291 g/mol. The lowest BCUT2D eigenvalue weighted by Crippen LogP contribution is -2.44. The molecule has 0 saturated heterocycles. The first-order valence-corrected chi connectivity index (χ1v) is 7.71. The Morgan fingerprint density at radius 1 is 1.19 bits per heavy atom. The molecule has 0 aliphatic heterocycles. The van der Waals surface area contributed by atoms with Crippen molar-refractivity contribution < 1.29 is 4.74 Å². The van der Waals surface area contributed by atoms with Gasteiger partial charge < -0.3 is 15.4 Å². The summed E-state index contributed by atoms with van der Waals surface area (Å²) in [5, 5.41) is 6.71. The van der Waals surface area contributed by atoms with E-state index in [0.717, 1.165) is 18.1 Å². The summed E-state index contributed by atoms with van der Waals surface area (Å²) in [6.45, 7) is 10.1. The summed E-state index contributed by atoms with van der Waals surface area (Å²) >= 11 is 0. The van der Waals surface area contributed by atoms with E-state index in [0.29, 0.717) is 18.5 Å². The van der Waals surface area contributed by atoms with E-state index in [9.17, 15) is 0 Å². The zero-order chi connectivity index (χ0) is 15.7. The van der Waals surface area contributed by atoms with Crippen LogP contribution >= 0.6 is 0 Å². The number of nitrogens with one attached hydrogen (secondary N) is 2. The Morgan fingerprint density at radius 3 is 2.38 bits per heavy atom. The van der Waals surface area contributed by atoms with E-state index >= 15 is 0 Å². The van der Waals surface area contributed by atoms with Crippen molar-refractivity contribution in [3.63, 3.8) is 0 Å². The van der Waals surface area contributed by atoms with Crippen LogP contribution in [0.15, 0.2) is 35.3 Å². The fourth-order valence-corrected chi connectivity index (χ4v) is 1.86. The second kappa shape index (κ2) is 9.40. The van der Waals surface area contributed by atoms with Crippen molar-refractivity contribution in [2.75, 3.05) is 20.2 Å². The van der Waals surface area contributed by atoms with Gasteiger partial charge in [0, 0.05) is 19.7 Å². The van der Waals surface area contributed by atoms with E-state index in [1.807, 2.05) is 18.2 Å². The van der Waals surface area contributed by atoms with Gasteiger partial charge in [-0.3, -0.25) is 4.99 Å². The molecule has 21 heavy (non-hydrogen) atoms. The van der Waals surface area contributed by atoms with Gasteiger partial charge in [0.25, 0.3) is 0 Å². The average Bonchev–Trinajstić information content (AvgIpc) is 2.48. The van der Waals surface area contributed by atoms with Crippen LogP contribution < -0.4 is 10.6 Å². The van der Waals surface area contributed by atoms with Gasteiger partial charge in [-0.25, -0.2) is 0 Å². The third kappa shape index (κ3) is 6.17. The Labute approximate surface area is 129 Å². The van der Waals surface area contributed by atoms with Crippen molar-refractivity contribution in [1.29, 1.82) is 0 Å². The third-order valence-corrected chi connectivity index (χ3v) is 3.58. The van der Waals surface area contributed by atoms with Crippen LogP contribution in [-0.2, 0) is 4.74 Å². The smallest absolute Gasteiger partial charge is 0.191 e. The van der Waals surface area contributed by atoms with Crippen LogP contribution in [-0.4, -0.2) is 32.2 Å². The van der Waals surface area contributed by atoms with Gasteiger partial charge in [0.05, 0.1) is 6.54 Å². The lowest BCUT2D eigenvalue weighted by atomic mass is 10.1. The number of aliphatic imine (C=N–C) groups is 1. The molecule has 0 radical (unpaired) electrons. The van der Waals surface area contributed by atoms with E-state index in [4.69, 9.17) is 4.74 Å². The molecule has 2 N–H and O–H groups in total. The zero-order valence-corrected chi connectivity index (χ0v) is 13.9. The first-order valence-electron chi connectivity index (χ1n) is 7.71. The lowest BCUT2D eigenvalue weighted by molar-refractivity contribution is 0.111. The average molecular weight is 291 g/mol. The Kier molecular flexibility index (Phi) is 7.83. The molecule has 1 rings (SSSR count). The third-order valence-electron chi connectivity index (χ3n) is 3.58. The van der Waals surface area contributed by atoms with Crippen LogP contribution in [0, 0.1) is 5.92 Å². The topological polar surface area (TPSA) is 45.7 Å². The Balaban J connectivity index is 2.71. The number of nitrogens with zero attached hydrogens (tertiary/aromatic N) is 1. The van der Waals surface area contributed by atoms with Crippen molar-refractivity contribution in [2.45, 2.75) is 39.8 Å². The van der Waals surface area contributed by atoms with E-state index in [-0.39, 0.29) is 6.10 Å². The summed E-state index contributed by atoms with van der Waals surface area (Å²) in [5.74, 6) is 1.40. The second-order valence-corrected chi connectivity index (χ2v) is 5.53. The van der Waals surface area contributed by atoms with Gasteiger partial charge in [0.1, 0.15) is 6.10 Å². The minimum absolute atomic E-state index is 0.0176. The van der Waals surface area contributed by atoms with Crippen molar-refractivity contribution in [2.24, 2.45) is 10.9 Å². The first kappa shape index (κ1) is 17.5. The Hall–Kier alpha value is -1.55. The van der Waals surface area contributed by atoms with Gasteiger partial charge in [0.15, 0.2) is 5.96 Å². The highest BCUT2D eigenvalue weighted by atomic mass is 16.5. The maximum Gasteiger partial charge on any atom is 0.191 e. The van der Waals surface area contributed by atoms with Crippen molar-refractivity contribution in [3.8, 4) is 0 Å². The number of hydrogen-bond donors (Lipinski definition) is 2. The predicted molar refractivity (Wildman–Crippen MR) is 89.6 cm³/mol. The normalized spacial score (nSPS) is 14.9. The Morgan fingerprint density at radius 2 is 1.86 bits per heavy atom. The molecule has 0 amide bonds. The van der Waals surface area contributed by atoms with Crippen molar-refractivity contribution >= 4 is 5.96 Å². The van der Waals surface area contributed by atoms with Crippen LogP contribution in [0.4, 0.5) is 0 Å². The van der Waals surface area contributed by atoms with E-state index < -0.39 is 0 Å². The quantitative estimate of drug-likeness (QED) is 0.600. The van der Waals surface area contributed by atoms with E-state index in [1.165, 1.54) is 0 Å². The maximum absolute atomic E-state index is 5.55. The standard InChI is InChI=1S/C17H29N3O/c1-6-18-17(20-14(4)13(2)3)19-12-16(21-5)15-10-8-7-9-11-15/h7-11,13-14,16H,6,12H2,1-5H3,(H2,18,19,20). The van der Waals surface area contributed by atoms with Gasteiger partial charge in [-0.1, -0.05) is 44.2 Å². The van der Waals surface area contributed by atoms with Gasteiger partial charge in [0.2, 0.25) is 0 Å². The van der Waals surface area contributed by atoms with Gasteiger partial charge >= 0.3 is 0 Å². The molecule has 0 spiro atoms. The number of ether oxygens (including phenoxy) is 1. The van der Waals surface area contributed by atoms with Crippen molar-refractivity contribution in [3.05, 3.63) is 35.9 Å². The molecule has 0 aromatic heterocycles. The second-order valence-electron chi connectivity index (χ2n) is 5.53. The first-order chi connectivity index (χ1) is 10.1. The highest BCUT2D eigenvalue weighted by molar-refractivity contribution is 5.80. The minimum atomic E-state index is -0.0176. The zero-order valence-electron chi connectivity index (χ0n) is 13.9. The molecular weight excluding hydrogens is 262 g/mol. The minimum Gasteiger partial charge on any atom is -0.375 e. The summed E-state index contributed by atoms with van der Waals surface area (Å²) in [6, 6.07) is 10.6. The SMILES string of the molecule is CCNC(=NCC(OC)c1ccccc1)NC(C)C(C)C. The highest BCUT2D eigenvalue weighted by Crippen LogP contribution is 2.16. The number of benzene rings is 1. The molecule has 0 bridgehead atoms. The van der Waals surface area contributed by atoms with Crippen LogP contribution in [0.1, 0.15) is 39.4 Å². The largest absolute Gasteiger partial charge is 0.375 e. The Bertz CT molecular complexity index is 417. The summed E-state index contributed by atoms with van der Waals surface area (Å²) in [6.07, 6.45) is -0.0176. The van der Waals surface area contributed by atoms with Crippen LogP contribution in [0.2, 0.25) is 0 Å². The van der Waals surface area contributed by atoms with E-state index in [1.54, 1.807) is 7.11 Å². The molecule has 0 saturated carbocycles. The summed E-state index contributed by atoms with van der Waals surface area (Å²) in [5.41, 5.74) is 1.15. The molecule has 1 aromatic rings. The maximum atomic E-state index is 5.55. The fourth-order valence-electron chi connectivity index (χ4n) is 1.86. The number of guanidine groups is 1. The lowest BCUT2D eigenvalue weighted by Gasteiger charge is -2.21. The summed E-state index contributed by atoms with van der Waals surface area (Å²) in [4.78, 5) is 4.65. The number of hydrogen-bond acceptors (Lipinski definition) is 2. The van der Waals surface area contributed by atoms with Crippen LogP contribution in [0.5, 0.6) is 0 Å². The highest BCUT2D eigenvalue weighted by Gasteiger charge is 2.12. The molecule has 4 nitrogen and oxygen atoms in total. The molecule has 4 heteroatoms. The molecule has 0 aliphatic carbocycles. The summed E-state index contributed by atoms with van der Waals surface area (Å²) in [7, 11) is 1.73. The molecule has 1 aromatic carbocycles. The molecule has 2 atom stereocenters. The molecule has 0 heterocycles. The van der Waals surface area contributed by atoms with Gasteiger partial charge in [-0.05, 0) is 25.3 Å². The summed E-state index contributed by atoms with van der Waals surface area (Å²) < 4.78 is 5.55.